The molecule has 2 aromatic rings. The second kappa shape index (κ2) is 5.73. The van der Waals surface area contributed by atoms with Crippen LogP contribution in [0, 0.1) is 6.92 Å². The summed E-state index contributed by atoms with van der Waals surface area (Å²) < 4.78 is 10.5. The normalized spacial score (nSPS) is 10.2. The molecule has 0 spiro atoms. The van der Waals surface area contributed by atoms with Crippen LogP contribution in [0.5, 0.6) is 11.5 Å². The zero-order valence-corrected chi connectivity index (χ0v) is 11.5. The lowest BCUT2D eigenvalue weighted by Gasteiger charge is -2.11. The highest BCUT2D eigenvalue weighted by atomic mass is 32.1. The molecular formula is C13H16N2O2S. The molecule has 0 bridgehead atoms. The lowest BCUT2D eigenvalue weighted by atomic mass is 10.2. The van der Waals surface area contributed by atoms with E-state index in [1.165, 1.54) is 4.88 Å². The Kier molecular flexibility index (Phi) is 4.04. The Morgan fingerprint density at radius 3 is 2.72 bits per heavy atom. The predicted molar refractivity (Wildman–Crippen MR) is 73.7 cm³/mol. The molecular weight excluding hydrogens is 248 g/mol. The Morgan fingerprint density at radius 1 is 1.28 bits per heavy atom. The van der Waals surface area contributed by atoms with E-state index in [2.05, 4.69) is 10.3 Å². The summed E-state index contributed by atoms with van der Waals surface area (Å²) >= 11 is 1.69. The fraction of sp³-hybridized carbons (Fsp3) is 0.308. The topological polar surface area (TPSA) is 43.4 Å². The summed E-state index contributed by atoms with van der Waals surface area (Å²) in [6, 6.07) is 5.72. The number of nitrogens with one attached hydrogen (secondary N) is 1. The van der Waals surface area contributed by atoms with Gasteiger partial charge in [-0.1, -0.05) is 0 Å². The van der Waals surface area contributed by atoms with Gasteiger partial charge in [-0.2, -0.15) is 0 Å². The number of methoxy groups -OCH3 is 2. The molecule has 0 atom stereocenters. The lowest BCUT2D eigenvalue weighted by Crippen LogP contribution is -2.00. The highest BCUT2D eigenvalue weighted by Gasteiger charge is 2.05. The number of thiazole rings is 1. The maximum atomic E-state index is 5.33. The van der Waals surface area contributed by atoms with Crippen LogP contribution in [0.25, 0.3) is 0 Å². The largest absolute Gasteiger partial charge is 0.497 e. The van der Waals surface area contributed by atoms with E-state index >= 15 is 0 Å². The summed E-state index contributed by atoms with van der Waals surface area (Å²) in [5, 5.41) is 4.41. The molecule has 2 rings (SSSR count). The monoisotopic (exact) mass is 264 g/mol. The van der Waals surface area contributed by atoms with Crippen molar-refractivity contribution in [1.82, 2.24) is 4.98 Å². The summed E-state index contributed by atoms with van der Waals surface area (Å²) in [4.78, 5) is 5.43. The first-order valence-electron chi connectivity index (χ1n) is 5.60. The zero-order valence-electron chi connectivity index (χ0n) is 10.7. The number of anilines is 1. The van der Waals surface area contributed by atoms with Crippen LogP contribution in [0.15, 0.2) is 24.4 Å². The summed E-state index contributed by atoms with van der Waals surface area (Å²) in [7, 11) is 3.29. The SMILES string of the molecule is COc1ccc(NCc2cnc(C)s2)c(OC)c1. The van der Waals surface area contributed by atoms with Crippen LogP contribution in [-0.4, -0.2) is 19.2 Å². The third-order valence-electron chi connectivity index (χ3n) is 2.53. The van der Waals surface area contributed by atoms with Crippen LogP contribution in [0.4, 0.5) is 5.69 Å². The zero-order chi connectivity index (χ0) is 13.0. The van der Waals surface area contributed by atoms with Crippen LogP contribution < -0.4 is 14.8 Å². The van der Waals surface area contributed by atoms with Gasteiger partial charge in [-0.15, -0.1) is 11.3 Å². The third kappa shape index (κ3) is 2.92. The van der Waals surface area contributed by atoms with E-state index in [1.54, 1.807) is 25.6 Å². The van der Waals surface area contributed by atoms with Crippen LogP contribution in [0.3, 0.4) is 0 Å². The van der Waals surface area contributed by atoms with Crippen LogP contribution in [0.2, 0.25) is 0 Å². The standard InChI is InChI=1S/C13H16N2O2S/c1-9-14-7-11(18-9)8-15-12-5-4-10(16-2)6-13(12)17-3/h4-7,15H,8H2,1-3H3. The van der Waals surface area contributed by atoms with Gasteiger partial charge in [0.1, 0.15) is 11.5 Å². The van der Waals surface area contributed by atoms with Crippen molar-refractivity contribution in [3.63, 3.8) is 0 Å². The molecule has 0 unspecified atom stereocenters. The molecule has 1 heterocycles. The van der Waals surface area contributed by atoms with Crippen LogP contribution in [-0.2, 0) is 6.54 Å². The maximum absolute atomic E-state index is 5.33. The van der Waals surface area contributed by atoms with E-state index in [4.69, 9.17) is 9.47 Å². The van der Waals surface area contributed by atoms with Gasteiger partial charge in [-0.05, 0) is 19.1 Å². The fourth-order valence-electron chi connectivity index (χ4n) is 1.61. The van der Waals surface area contributed by atoms with E-state index in [1.807, 2.05) is 31.3 Å². The second-order valence-electron chi connectivity index (χ2n) is 3.77. The molecule has 0 aliphatic carbocycles. The van der Waals surface area contributed by atoms with E-state index in [0.717, 1.165) is 28.7 Å². The molecule has 4 nitrogen and oxygen atoms in total. The van der Waals surface area contributed by atoms with E-state index in [9.17, 15) is 0 Å². The minimum atomic E-state index is 0.744. The molecule has 1 aromatic carbocycles. The average Bonchev–Trinajstić information content (AvgIpc) is 2.82. The van der Waals surface area contributed by atoms with Crippen molar-refractivity contribution in [1.29, 1.82) is 0 Å². The highest BCUT2D eigenvalue weighted by Crippen LogP contribution is 2.29. The van der Waals surface area contributed by atoms with E-state index < -0.39 is 0 Å². The Bertz CT molecular complexity index is 525. The van der Waals surface area contributed by atoms with E-state index in [-0.39, 0.29) is 0 Å². The quantitative estimate of drug-likeness (QED) is 0.901. The molecule has 0 radical (unpaired) electrons. The highest BCUT2D eigenvalue weighted by molar-refractivity contribution is 7.11. The Balaban J connectivity index is 2.08. The molecule has 0 saturated carbocycles. The number of benzene rings is 1. The van der Waals surface area contributed by atoms with Crippen molar-refractivity contribution < 1.29 is 9.47 Å². The number of nitrogens with zero attached hydrogens (tertiary/aromatic N) is 1. The number of aryl methyl sites for hydroxylation is 1. The number of aromatic nitrogens is 1. The van der Waals surface area contributed by atoms with Gasteiger partial charge in [-0.3, -0.25) is 0 Å². The molecule has 0 saturated heterocycles. The fourth-order valence-corrected chi connectivity index (χ4v) is 2.35. The molecule has 1 N–H and O–H groups in total. The number of rotatable bonds is 5. The van der Waals surface area contributed by atoms with Crippen molar-refractivity contribution in [2.24, 2.45) is 0 Å². The van der Waals surface area contributed by atoms with Crippen LogP contribution in [0.1, 0.15) is 9.88 Å². The summed E-state index contributed by atoms with van der Waals surface area (Å²) in [6.07, 6.45) is 1.89. The van der Waals surface area contributed by atoms with Gasteiger partial charge in [0.25, 0.3) is 0 Å². The molecule has 0 amide bonds. The second-order valence-corrected chi connectivity index (χ2v) is 5.08. The Morgan fingerprint density at radius 2 is 2.11 bits per heavy atom. The number of ether oxygens (including phenoxy) is 2. The summed E-state index contributed by atoms with van der Waals surface area (Å²) in [6.45, 7) is 2.75. The first kappa shape index (κ1) is 12.7. The molecule has 1 aromatic heterocycles. The molecule has 0 fully saturated rings. The van der Waals surface area contributed by atoms with Crippen molar-refractivity contribution in [2.75, 3.05) is 19.5 Å². The van der Waals surface area contributed by atoms with Gasteiger partial charge < -0.3 is 14.8 Å². The first-order valence-corrected chi connectivity index (χ1v) is 6.42. The summed E-state index contributed by atoms with van der Waals surface area (Å²) in [5.74, 6) is 1.56. The van der Waals surface area contributed by atoms with Gasteiger partial charge in [0.15, 0.2) is 0 Å². The molecule has 96 valence electrons. The lowest BCUT2D eigenvalue weighted by molar-refractivity contribution is 0.395. The van der Waals surface area contributed by atoms with Crippen molar-refractivity contribution >= 4 is 17.0 Å². The van der Waals surface area contributed by atoms with Crippen LogP contribution >= 0.6 is 11.3 Å². The van der Waals surface area contributed by atoms with Gasteiger partial charge in [0, 0.05) is 17.1 Å². The van der Waals surface area contributed by atoms with Gasteiger partial charge in [-0.25, -0.2) is 4.98 Å². The molecule has 18 heavy (non-hydrogen) atoms. The maximum Gasteiger partial charge on any atom is 0.145 e. The molecule has 0 aliphatic rings. The number of hydrogen-bond donors (Lipinski definition) is 1. The number of hydrogen-bond acceptors (Lipinski definition) is 5. The predicted octanol–water partition coefficient (Wildman–Crippen LogP) is 3.08. The van der Waals surface area contributed by atoms with Gasteiger partial charge in [0.2, 0.25) is 0 Å². The smallest absolute Gasteiger partial charge is 0.145 e. The van der Waals surface area contributed by atoms with Crippen molar-refractivity contribution in [2.45, 2.75) is 13.5 Å². The minimum absolute atomic E-state index is 0.744. The van der Waals surface area contributed by atoms with Gasteiger partial charge >= 0.3 is 0 Å². The average molecular weight is 264 g/mol. The minimum Gasteiger partial charge on any atom is -0.497 e. The Hall–Kier alpha value is -1.75. The first-order chi connectivity index (χ1) is 8.72. The Labute approximate surface area is 111 Å². The van der Waals surface area contributed by atoms with Crippen molar-refractivity contribution in [3.8, 4) is 11.5 Å². The van der Waals surface area contributed by atoms with E-state index in [0.29, 0.717) is 0 Å². The third-order valence-corrected chi connectivity index (χ3v) is 3.44. The molecule has 0 aliphatic heterocycles. The molecule has 5 heteroatoms. The summed E-state index contributed by atoms with van der Waals surface area (Å²) in [5.41, 5.74) is 0.948. The van der Waals surface area contributed by atoms with Crippen molar-refractivity contribution in [3.05, 3.63) is 34.3 Å². The van der Waals surface area contributed by atoms with Gasteiger partial charge in [0.05, 0.1) is 31.5 Å².